The predicted octanol–water partition coefficient (Wildman–Crippen LogP) is 3.65. The molecular weight excluding hydrogens is 338 g/mol. The zero-order valence-electron chi connectivity index (χ0n) is 14.1. The van der Waals surface area contributed by atoms with E-state index in [0.29, 0.717) is 25.1 Å². The fraction of sp³-hybridized carbons (Fsp3) is 0.278. The summed E-state index contributed by atoms with van der Waals surface area (Å²) in [5, 5.41) is 10.00. The minimum absolute atomic E-state index is 0.369. The van der Waals surface area contributed by atoms with Crippen LogP contribution in [0, 0.1) is 0 Å². The summed E-state index contributed by atoms with van der Waals surface area (Å²) in [5.41, 5.74) is 2.47. The number of aliphatic carboxylic acids is 1. The highest BCUT2D eigenvalue weighted by atomic mass is 32.2. The SMILES string of the molecule is CCC(=CCc1ccc2c(c1)N(COC)c1nccnc1S2)C(=O)O. The topological polar surface area (TPSA) is 75.5 Å². The fourth-order valence-corrected chi connectivity index (χ4v) is 3.65. The van der Waals surface area contributed by atoms with Crippen molar-refractivity contribution in [2.24, 2.45) is 0 Å². The van der Waals surface area contributed by atoms with Gasteiger partial charge >= 0.3 is 5.97 Å². The van der Waals surface area contributed by atoms with Crippen LogP contribution in [0.5, 0.6) is 0 Å². The molecule has 0 aliphatic carbocycles. The third kappa shape index (κ3) is 3.67. The molecule has 0 amide bonds. The highest BCUT2D eigenvalue weighted by Gasteiger charge is 2.25. The van der Waals surface area contributed by atoms with E-state index in [1.54, 1.807) is 37.3 Å². The summed E-state index contributed by atoms with van der Waals surface area (Å²) in [6.45, 7) is 2.22. The molecule has 0 atom stereocenters. The van der Waals surface area contributed by atoms with Crippen LogP contribution >= 0.6 is 11.8 Å². The number of carboxylic acid groups (broad SMARTS) is 1. The van der Waals surface area contributed by atoms with Crippen LogP contribution in [0.3, 0.4) is 0 Å². The number of fused-ring (bicyclic) bond motifs is 2. The fourth-order valence-electron chi connectivity index (χ4n) is 2.66. The van der Waals surface area contributed by atoms with Crippen LogP contribution in [0.4, 0.5) is 11.5 Å². The number of carbonyl (C=O) groups is 1. The molecule has 1 N–H and O–H groups in total. The van der Waals surface area contributed by atoms with Crippen molar-refractivity contribution in [1.29, 1.82) is 0 Å². The highest BCUT2D eigenvalue weighted by Crippen LogP contribution is 2.46. The molecule has 1 aromatic carbocycles. The number of ether oxygens (including phenoxy) is 1. The molecule has 130 valence electrons. The third-order valence-electron chi connectivity index (χ3n) is 3.92. The molecule has 0 unspecified atom stereocenters. The van der Waals surface area contributed by atoms with E-state index >= 15 is 0 Å². The second kappa shape index (κ2) is 7.67. The van der Waals surface area contributed by atoms with Gasteiger partial charge in [0.1, 0.15) is 11.8 Å². The zero-order chi connectivity index (χ0) is 17.8. The maximum absolute atomic E-state index is 11.1. The Labute approximate surface area is 150 Å². The Balaban J connectivity index is 1.94. The summed E-state index contributed by atoms with van der Waals surface area (Å²) in [6.07, 6.45) is 6.20. The average molecular weight is 357 g/mol. The van der Waals surface area contributed by atoms with Crippen molar-refractivity contribution in [3.8, 4) is 0 Å². The van der Waals surface area contributed by atoms with E-state index in [1.807, 2.05) is 24.0 Å². The smallest absolute Gasteiger partial charge is 0.331 e. The van der Waals surface area contributed by atoms with Crippen molar-refractivity contribution in [3.63, 3.8) is 0 Å². The van der Waals surface area contributed by atoms with Gasteiger partial charge in [0, 0.05) is 30.0 Å². The Bertz CT molecular complexity index is 823. The van der Waals surface area contributed by atoms with Gasteiger partial charge in [-0.1, -0.05) is 30.8 Å². The van der Waals surface area contributed by atoms with Crippen LogP contribution in [0.15, 0.2) is 52.2 Å². The highest BCUT2D eigenvalue weighted by molar-refractivity contribution is 7.99. The first-order valence-electron chi connectivity index (χ1n) is 7.94. The van der Waals surface area contributed by atoms with E-state index in [1.165, 1.54) is 0 Å². The van der Waals surface area contributed by atoms with Gasteiger partial charge in [0.05, 0.1) is 5.69 Å². The molecule has 1 aliphatic heterocycles. The van der Waals surface area contributed by atoms with Crippen LogP contribution in [0.25, 0.3) is 0 Å². The van der Waals surface area contributed by atoms with Crippen molar-refractivity contribution in [1.82, 2.24) is 9.97 Å². The summed E-state index contributed by atoms with van der Waals surface area (Å²) in [4.78, 5) is 23.0. The van der Waals surface area contributed by atoms with Crippen molar-refractivity contribution in [3.05, 3.63) is 47.8 Å². The van der Waals surface area contributed by atoms with Gasteiger partial charge in [-0.2, -0.15) is 0 Å². The monoisotopic (exact) mass is 357 g/mol. The van der Waals surface area contributed by atoms with Crippen molar-refractivity contribution in [2.45, 2.75) is 29.7 Å². The third-order valence-corrected chi connectivity index (χ3v) is 4.97. The minimum atomic E-state index is -0.860. The van der Waals surface area contributed by atoms with Crippen molar-refractivity contribution in [2.75, 3.05) is 18.7 Å². The Morgan fingerprint density at radius 3 is 2.88 bits per heavy atom. The van der Waals surface area contributed by atoms with Crippen molar-refractivity contribution < 1.29 is 14.6 Å². The summed E-state index contributed by atoms with van der Waals surface area (Å²) in [6, 6.07) is 6.12. The standard InChI is InChI=1S/C18H19N3O3S/c1-3-13(18(22)23)6-4-12-5-7-15-14(10-12)21(11-24-2)16-17(25-15)20-9-8-19-16/h5-10H,3-4,11H2,1-2H3,(H,22,23). The summed E-state index contributed by atoms with van der Waals surface area (Å²) in [7, 11) is 1.64. The summed E-state index contributed by atoms with van der Waals surface area (Å²) in [5.74, 6) is -0.0875. The number of nitrogens with zero attached hydrogens (tertiary/aromatic N) is 3. The van der Waals surface area contributed by atoms with E-state index in [9.17, 15) is 4.79 Å². The van der Waals surface area contributed by atoms with Crippen LogP contribution in [-0.4, -0.2) is 34.9 Å². The van der Waals surface area contributed by atoms with Crippen LogP contribution in [0.2, 0.25) is 0 Å². The largest absolute Gasteiger partial charge is 0.478 e. The first kappa shape index (κ1) is 17.4. The predicted molar refractivity (Wildman–Crippen MR) is 96.3 cm³/mol. The van der Waals surface area contributed by atoms with E-state index in [0.717, 1.165) is 27.0 Å². The Morgan fingerprint density at radius 2 is 2.16 bits per heavy atom. The number of benzene rings is 1. The first-order valence-corrected chi connectivity index (χ1v) is 8.76. The van der Waals surface area contributed by atoms with Crippen molar-refractivity contribution >= 4 is 29.2 Å². The number of allylic oxidation sites excluding steroid dienone is 1. The van der Waals surface area contributed by atoms with E-state index < -0.39 is 5.97 Å². The number of anilines is 2. The van der Waals surface area contributed by atoms with Crippen LogP contribution in [0.1, 0.15) is 18.9 Å². The van der Waals surface area contributed by atoms with Gasteiger partial charge in [-0.05, 0) is 30.5 Å². The number of hydrogen-bond acceptors (Lipinski definition) is 6. The first-order chi connectivity index (χ1) is 12.1. The molecule has 3 rings (SSSR count). The average Bonchev–Trinajstić information content (AvgIpc) is 2.62. The molecule has 1 aromatic heterocycles. The van der Waals surface area contributed by atoms with Gasteiger partial charge in [0.2, 0.25) is 0 Å². The molecule has 25 heavy (non-hydrogen) atoms. The van der Waals surface area contributed by atoms with Gasteiger partial charge in [-0.25, -0.2) is 14.8 Å². The molecule has 2 aromatic rings. The lowest BCUT2D eigenvalue weighted by atomic mass is 10.1. The Kier molecular flexibility index (Phi) is 5.35. The number of methoxy groups -OCH3 is 1. The number of rotatable bonds is 6. The summed E-state index contributed by atoms with van der Waals surface area (Å²) < 4.78 is 5.34. The zero-order valence-corrected chi connectivity index (χ0v) is 14.9. The molecule has 0 saturated carbocycles. The van der Waals surface area contributed by atoms with Gasteiger partial charge in [0.15, 0.2) is 5.82 Å². The second-order valence-electron chi connectivity index (χ2n) is 5.53. The molecule has 7 heteroatoms. The lowest BCUT2D eigenvalue weighted by molar-refractivity contribution is -0.132. The number of carboxylic acids is 1. The molecule has 0 bridgehead atoms. The molecule has 6 nitrogen and oxygen atoms in total. The number of aromatic nitrogens is 2. The molecule has 1 aliphatic rings. The van der Waals surface area contributed by atoms with E-state index in [2.05, 4.69) is 16.0 Å². The molecule has 0 fully saturated rings. The molecular formula is C18H19N3O3S. The lowest BCUT2D eigenvalue weighted by Crippen LogP contribution is -2.24. The number of hydrogen-bond donors (Lipinski definition) is 1. The van der Waals surface area contributed by atoms with Crippen LogP contribution < -0.4 is 4.90 Å². The Hall–Kier alpha value is -2.38. The lowest BCUT2D eigenvalue weighted by Gasteiger charge is -2.30. The maximum atomic E-state index is 11.1. The van der Waals surface area contributed by atoms with Crippen LogP contribution in [-0.2, 0) is 16.0 Å². The van der Waals surface area contributed by atoms with Gasteiger partial charge in [-0.15, -0.1) is 0 Å². The van der Waals surface area contributed by atoms with E-state index in [4.69, 9.17) is 9.84 Å². The molecule has 2 heterocycles. The summed E-state index contributed by atoms with van der Waals surface area (Å²) >= 11 is 1.57. The van der Waals surface area contributed by atoms with Gasteiger partial charge in [0.25, 0.3) is 0 Å². The van der Waals surface area contributed by atoms with Gasteiger partial charge in [-0.3, -0.25) is 4.90 Å². The van der Waals surface area contributed by atoms with E-state index in [-0.39, 0.29) is 0 Å². The minimum Gasteiger partial charge on any atom is -0.478 e. The Morgan fingerprint density at radius 1 is 1.36 bits per heavy atom. The van der Waals surface area contributed by atoms with Gasteiger partial charge < -0.3 is 9.84 Å². The second-order valence-corrected chi connectivity index (χ2v) is 6.56. The molecule has 0 spiro atoms. The quantitative estimate of drug-likeness (QED) is 0.791. The maximum Gasteiger partial charge on any atom is 0.331 e. The molecule has 0 saturated heterocycles. The molecule has 0 radical (unpaired) electrons. The normalized spacial score (nSPS) is 13.4.